The smallest absolute Gasteiger partial charge is 0.213 e. The topological polar surface area (TPSA) is 69.9 Å². The summed E-state index contributed by atoms with van der Waals surface area (Å²) in [6.07, 6.45) is 6.26. The monoisotopic (exact) mass is 206 g/mol. The molecule has 2 aromatic heterocycles. The van der Waals surface area contributed by atoms with Gasteiger partial charge in [0.25, 0.3) is 0 Å². The Kier molecular flexibility index (Phi) is 2.82. The third kappa shape index (κ3) is 2.24. The molecule has 2 aromatic rings. The molecule has 0 fully saturated rings. The Morgan fingerprint density at radius 3 is 3.13 bits per heavy atom. The van der Waals surface area contributed by atoms with Crippen LogP contribution in [0.3, 0.4) is 0 Å². The highest BCUT2D eigenvalue weighted by atomic mass is 16.5. The van der Waals surface area contributed by atoms with Crippen molar-refractivity contribution in [2.24, 2.45) is 5.73 Å². The molecule has 0 saturated heterocycles. The summed E-state index contributed by atoms with van der Waals surface area (Å²) < 4.78 is 6.66. The van der Waals surface area contributed by atoms with Crippen molar-refractivity contribution in [3.05, 3.63) is 36.2 Å². The number of hydrogen-bond acceptors (Lipinski definition) is 4. The lowest BCUT2D eigenvalue weighted by Crippen LogP contribution is -2.07. The first-order chi connectivity index (χ1) is 7.29. The minimum Gasteiger partial charge on any atom is -0.346 e. The minimum atomic E-state index is 0.108. The van der Waals surface area contributed by atoms with Crippen LogP contribution in [0.15, 0.2) is 29.4 Å². The van der Waals surface area contributed by atoms with Gasteiger partial charge in [-0.2, -0.15) is 4.98 Å². The second kappa shape index (κ2) is 4.27. The van der Waals surface area contributed by atoms with Crippen molar-refractivity contribution in [2.45, 2.75) is 25.9 Å². The van der Waals surface area contributed by atoms with Crippen molar-refractivity contribution in [1.29, 1.82) is 0 Å². The van der Waals surface area contributed by atoms with Gasteiger partial charge in [-0.3, -0.25) is 0 Å². The summed E-state index contributed by atoms with van der Waals surface area (Å²) in [5.74, 6) is 0.669. The van der Waals surface area contributed by atoms with E-state index in [1.807, 2.05) is 23.0 Å². The fourth-order valence-electron chi connectivity index (χ4n) is 1.44. The Labute approximate surface area is 87.9 Å². The van der Waals surface area contributed by atoms with Gasteiger partial charge in [-0.25, -0.2) is 0 Å². The summed E-state index contributed by atoms with van der Waals surface area (Å²) in [6.45, 7) is 2.69. The van der Waals surface area contributed by atoms with Crippen molar-refractivity contribution >= 4 is 0 Å². The Bertz CT molecular complexity index is 407. The van der Waals surface area contributed by atoms with Crippen LogP contribution < -0.4 is 5.73 Å². The molecule has 0 amide bonds. The van der Waals surface area contributed by atoms with Gasteiger partial charge in [0.1, 0.15) is 0 Å². The summed E-state index contributed by atoms with van der Waals surface area (Å²) in [5.41, 5.74) is 7.06. The highest BCUT2D eigenvalue weighted by Gasteiger charge is 2.06. The number of nitrogens with zero attached hydrogens (tertiary/aromatic N) is 3. The number of rotatable bonds is 4. The minimum absolute atomic E-state index is 0.108. The Balaban J connectivity index is 2.07. The summed E-state index contributed by atoms with van der Waals surface area (Å²) in [5, 5.41) is 3.75. The molecule has 0 aliphatic carbocycles. The summed E-state index contributed by atoms with van der Waals surface area (Å²) >= 11 is 0. The van der Waals surface area contributed by atoms with E-state index in [4.69, 9.17) is 5.73 Å². The van der Waals surface area contributed by atoms with Gasteiger partial charge < -0.3 is 14.8 Å². The molecule has 80 valence electrons. The molecule has 0 aliphatic rings. The van der Waals surface area contributed by atoms with E-state index in [1.54, 1.807) is 0 Å². The molecule has 2 N–H and O–H groups in total. The van der Waals surface area contributed by atoms with E-state index in [0.717, 1.165) is 12.0 Å². The highest BCUT2D eigenvalue weighted by Crippen LogP contribution is 2.14. The molecule has 1 atom stereocenters. The lowest BCUT2D eigenvalue weighted by molar-refractivity contribution is 0.408. The van der Waals surface area contributed by atoms with Crippen LogP contribution in [0.25, 0.3) is 0 Å². The molecular weight excluding hydrogens is 192 g/mol. The highest BCUT2D eigenvalue weighted by molar-refractivity contribution is 5.15. The van der Waals surface area contributed by atoms with Gasteiger partial charge in [0.05, 0.1) is 6.54 Å². The molecule has 0 aliphatic heterocycles. The van der Waals surface area contributed by atoms with E-state index >= 15 is 0 Å². The molecule has 0 aromatic carbocycles. The van der Waals surface area contributed by atoms with E-state index < -0.39 is 0 Å². The van der Waals surface area contributed by atoms with Crippen LogP contribution >= 0.6 is 0 Å². The standard InChI is InChI=1S/C10H14N4O/c1-2-9(11)8-3-4-14(5-8)6-10-12-7-15-13-10/h3-5,7,9H,2,6,11H2,1H3. The van der Waals surface area contributed by atoms with Crippen molar-refractivity contribution in [3.63, 3.8) is 0 Å². The predicted molar refractivity (Wildman–Crippen MR) is 55.1 cm³/mol. The molecule has 0 bridgehead atoms. The molecule has 15 heavy (non-hydrogen) atoms. The van der Waals surface area contributed by atoms with Crippen molar-refractivity contribution in [2.75, 3.05) is 0 Å². The van der Waals surface area contributed by atoms with Crippen molar-refractivity contribution in [1.82, 2.24) is 14.7 Å². The van der Waals surface area contributed by atoms with Crippen LogP contribution in [-0.2, 0) is 6.54 Å². The Hall–Kier alpha value is -1.62. The van der Waals surface area contributed by atoms with Gasteiger partial charge in [0.2, 0.25) is 6.39 Å². The van der Waals surface area contributed by atoms with Crippen LogP contribution in [-0.4, -0.2) is 14.7 Å². The third-order valence-electron chi connectivity index (χ3n) is 2.37. The zero-order chi connectivity index (χ0) is 10.7. The average molecular weight is 206 g/mol. The van der Waals surface area contributed by atoms with Gasteiger partial charge in [-0.1, -0.05) is 12.1 Å². The maximum Gasteiger partial charge on any atom is 0.213 e. The molecule has 5 heteroatoms. The predicted octanol–water partition coefficient (Wildman–Crippen LogP) is 1.33. The molecule has 0 spiro atoms. The van der Waals surface area contributed by atoms with Gasteiger partial charge in [-0.15, -0.1) is 0 Å². The molecule has 0 radical (unpaired) electrons. The first kappa shape index (κ1) is 9.92. The average Bonchev–Trinajstić information content (AvgIpc) is 2.88. The Morgan fingerprint density at radius 2 is 2.47 bits per heavy atom. The molecule has 1 unspecified atom stereocenters. The first-order valence-electron chi connectivity index (χ1n) is 4.96. The first-order valence-corrected chi connectivity index (χ1v) is 4.96. The van der Waals surface area contributed by atoms with Crippen LogP contribution in [0.2, 0.25) is 0 Å². The lowest BCUT2D eigenvalue weighted by atomic mass is 10.1. The zero-order valence-electron chi connectivity index (χ0n) is 8.63. The summed E-state index contributed by atoms with van der Waals surface area (Å²) in [4.78, 5) is 3.96. The molecular formula is C10H14N4O. The van der Waals surface area contributed by atoms with Crippen LogP contribution in [0.5, 0.6) is 0 Å². The number of aromatic nitrogens is 3. The van der Waals surface area contributed by atoms with Gasteiger partial charge in [0, 0.05) is 18.4 Å². The zero-order valence-corrected chi connectivity index (χ0v) is 8.63. The molecule has 5 nitrogen and oxygen atoms in total. The lowest BCUT2D eigenvalue weighted by Gasteiger charge is -2.04. The summed E-state index contributed by atoms with van der Waals surface area (Å²) in [6, 6.07) is 2.13. The normalized spacial score (nSPS) is 12.9. The van der Waals surface area contributed by atoms with Gasteiger partial charge in [-0.05, 0) is 18.1 Å². The SMILES string of the molecule is CCC(N)c1ccn(Cc2ncon2)c1. The maximum absolute atomic E-state index is 5.92. The third-order valence-corrected chi connectivity index (χ3v) is 2.37. The van der Waals surface area contributed by atoms with E-state index in [0.29, 0.717) is 12.4 Å². The molecule has 2 heterocycles. The number of hydrogen-bond donors (Lipinski definition) is 1. The molecule has 0 saturated carbocycles. The molecule has 2 rings (SSSR count). The Morgan fingerprint density at radius 1 is 1.60 bits per heavy atom. The van der Waals surface area contributed by atoms with Crippen LogP contribution in [0, 0.1) is 0 Å². The quantitative estimate of drug-likeness (QED) is 0.819. The van der Waals surface area contributed by atoms with Gasteiger partial charge >= 0.3 is 0 Å². The van der Waals surface area contributed by atoms with E-state index in [2.05, 4.69) is 21.6 Å². The van der Waals surface area contributed by atoms with Crippen molar-refractivity contribution < 1.29 is 4.52 Å². The van der Waals surface area contributed by atoms with E-state index in [9.17, 15) is 0 Å². The van der Waals surface area contributed by atoms with Crippen LogP contribution in [0.4, 0.5) is 0 Å². The second-order valence-electron chi connectivity index (χ2n) is 3.48. The summed E-state index contributed by atoms with van der Waals surface area (Å²) in [7, 11) is 0. The van der Waals surface area contributed by atoms with Gasteiger partial charge in [0.15, 0.2) is 5.82 Å². The number of nitrogens with two attached hydrogens (primary N) is 1. The van der Waals surface area contributed by atoms with E-state index in [1.165, 1.54) is 6.39 Å². The fraction of sp³-hybridized carbons (Fsp3) is 0.400. The van der Waals surface area contributed by atoms with Crippen molar-refractivity contribution in [3.8, 4) is 0 Å². The van der Waals surface area contributed by atoms with E-state index in [-0.39, 0.29) is 6.04 Å². The van der Waals surface area contributed by atoms with Crippen LogP contribution in [0.1, 0.15) is 30.8 Å². The fourth-order valence-corrected chi connectivity index (χ4v) is 1.44. The maximum atomic E-state index is 5.92. The second-order valence-corrected chi connectivity index (χ2v) is 3.48. The largest absolute Gasteiger partial charge is 0.346 e.